The fraction of sp³-hybridized carbons (Fsp3) is 0.286. The molecule has 1 aliphatic rings. The second-order valence-electron chi connectivity index (χ2n) is 5.60. The SMILES string of the molecule is Cc1cc(-n2cncn2)c2ncc(C(=O)N3CC(F)(F)C3)n2c1. The van der Waals surface area contributed by atoms with Gasteiger partial charge in [0.05, 0.1) is 19.3 Å². The van der Waals surface area contributed by atoms with Gasteiger partial charge in [-0.1, -0.05) is 0 Å². The van der Waals surface area contributed by atoms with Crippen LogP contribution in [-0.2, 0) is 0 Å². The van der Waals surface area contributed by atoms with Gasteiger partial charge < -0.3 is 4.90 Å². The molecule has 3 aromatic rings. The Labute approximate surface area is 129 Å². The molecule has 1 saturated heterocycles. The monoisotopic (exact) mass is 318 g/mol. The predicted molar refractivity (Wildman–Crippen MR) is 75.7 cm³/mol. The van der Waals surface area contributed by atoms with E-state index in [0.717, 1.165) is 10.5 Å². The van der Waals surface area contributed by atoms with Crippen molar-refractivity contribution in [3.05, 3.63) is 42.4 Å². The Morgan fingerprint density at radius 2 is 2.13 bits per heavy atom. The summed E-state index contributed by atoms with van der Waals surface area (Å²) >= 11 is 0. The molecule has 0 bridgehead atoms. The maximum absolute atomic E-state index is 13.0. The standard InChI is InChI=1S/C14H12F2N6O/c1-9-2-10(22-8-17-7-19-22)12-18-3-11(21(12)4-9)13(23)20-5-14(15,16)6-20/h2-4,7-8H,5-6H2,1H3. The van der Waals surface area contributed by atoms with Gasteiger partial charge in [-0.05, 0) is 18.6 Å². The first-order valence-corrected chi connectivity index (χ1v) is 6.94. The predicted octanol–water partition coefficient (Wildman–Crippen LogP) is 1.31. The molecule has 0 aliphatic carbocycles. The van der Waals surface area contributed by atoms with Gasteiger partial charge in [-0.2, -0.15) is 5.10 Å². The van der Waals surface area contributed by atoms with Crippen LogP contribution in [0.1, 0.15) is 16.1 Å². The second kappa shape index (κ2) is 4.58. The molecule has 4 heterocycles. The number of hydrogen-bond donors (Lipinski definition) is 0. The number of likely N-dealkylation sites (tertiary alicyclic amines) is 1. The molecule has 0 spiro atoms. The topological polar surface area (TPSA) is 68.3 Å². The number of fused-ring (bicyclic) bond motifs is 1. The number of pyridine rings is 1. The lowest BCUT2D eigenvalue weighted by Gasteiger charge is -2.38. The zero-order valence-electron chi connectivity index (χ0n) is 12.1. The van der Waals surface area contributed by atoms with Crippen LogP contribution < -0.4 is 0 Å². The van der Waals surface area contributed by atoms with Gasteiger partial charge in [0.25, 0.3) is 11.8 Å². The number of carbonyl (C=O) groups excluding carboxylic acids is 1. The van der Waals surface area contributed by atoms with E-state index in [9.17, 15) is 13.6 Å². The third-order valence-corrected chi connectivity index (χ3v) is 3.74. The summed E-state index contributed by atoms with van der Waals surface area (Å²) in [6.07, 6.45) is 6.07. The van der Waals surface area contributed by atoms with Gasteiger partial charge in [-0.15, -0.1) is 0 Å². The first-order chi connectivity index (χ1) is 10.9. The van der Waals surface area contributed by atoms with E-state index in [1.165, 1.54) is 18.9 Å². The fourth-order valence-electron chi connectivity index (χ4n) is 2.68. The number of aryl methyl sites for hydroxylation is 1. The number of nitrogens with zero attached hydrogens (tertiary/aromatic N) is 6. The van der Waals surface area contributed by atoms with Gasteiger partial charge in [0, 0.05) is 6.20 Å². The molecule has 0 aromatic carbocycles. The van der Waals surface area contributed by atoms with Crippen LogP contribution in [0.5, 0.6) is 0 Å². The van der Waals surface area contributed by atoms with Crippen molar-refractivity contribution in [3.63, 3.8) is 0 Å². The van der Waals surface area contributed by atoms with Crippen LogP contribution in [0, 0.1) is 6.92 Å². The van der Waals surface area contributed by atoms with Crippen molar-refractivity contribution >= 4 is 11.6 Å². The lowest BCUT2D eigenvalue weighted by molar-refractivity contribution is -0.113. The molecule has 0 saturated carbocycles. The fourth-order valence-corrected chi connectivity index (χ4v) is 2.68. The largest absolute Gasteiger partial charge is 0.325 e. The summed E-state index contributed by atoms with van der Waals surface area (Å²) in [6, 6.07) is 1.86. The van der Waals surface area contributed by atoms with E-state index >= 15 is 0 Å². The summed E-state index contributed by atoms with van der Waals surface area (Å²) in [5.74, 6) is -3.25. The molecule has 23 heavy (non-hydrogen) atoms. The van der Waals surface area contributed by atoms with E-state index in [-0.39, 0.29) is 5.69 Å². The first-order valence-electron chi connectivity index (χ1n) is 6.94. The van der Waals surface area contributed by atoms with Gasteiger partial charge >= 0.3 is 0 Å². The molecule has 7 nitrogen and oxygen atoms in total. The first kappa shape index (κ1) is 13.8. The van der Waals surface area contributed by atoms with Gasteiger partial charge in [0.15, 0.2) is 5.65 Å². The molecule has 0 radical (unpaired) electrons. The van der Waals surface area contributed by atoms with E-state index < -0.39 is 24.9 Å². The number of amides is 1. The van der Waals surface area contributed by atoms with Crippen LogP contribution >= 0.6 is 0 Å². The van der Waals surface area contributed by atoms with Crippen molar-refractivity contribution < 1.29 is 13.6 Å². The van der Waals surface area contributed by atoms with Crippen molar-refractivity contribution in [1.29, 1.82) is 0 Å². The summed E-state index contributed by atoms with van der Waals surface area (Å²) in [5, 5.41) is 4.07. The lowest BCUT2D eigenvalue weighted by Crippen LogP contribution is -2.58. The number of alkyl halides is 2. The van der Waals surface area contributed by atoms with Crippen molar-refractivity contribution in [1.82, 2.24) is 29.0 Å². The zero-order valence-corrected chi connectivity index (χ0v) is 12.1. The summed E-state index contributed by atoms with van der Waals surface area (Å²) in [6.45, 7) is 0.757. The van der Waals surface area contributed by atoms with Gasteiger partial charge in [-0.25, -0.2) is 23.4 Å². The van der Waals surface area contributed by atoms with Crippen LogP contribution in [0.4, 0.5) is 8.78 Å². The Hall–Kier alpha value is -2.84. The maximum atomic E-state index is 13.0. The molecule has 1 amide bonds. The normalized spacial score (nSPS) is 16.6. The Bertz CT molecular complexity index is 894. The highest BCUT2D eigenvalue weighted by Gasteiger charge is 2.46. The molecule has 1 fully saturated rings. The van der Waals surface area contributed by atoms with Crippen molar-refractivity contribution in [2.24, 2.45) is 0 Å². The molecule has 0 unspecified atom stereocenters. The Morgan fingerprint density at radius 3 is 2.78 bits per heavy atom. The average molecular weight is 318 g/mol. The van der Waals surface area contributed by atoms with E-state index in [0.29, 0.717) is 11.3 Å². The van der Waals surface area contributed by atoms with Gasteiger partial charge in [0.1, 0.15) is 24.0 Å². The van der Waals surface area contributed by atoms with E-state index in [1.54, 1.807) is 15.3 Å². The highest BCUT2D eigenvalue weighted by atomic mass is 19.3. The van der Waals surface area contributed by atoms with E-state index in [4.69, 9.17) is 0 Å². The van der Waals surface area contributed by atoms with Crippen LogP contribution in [-0.4, -0.2) is 54.0 Å². The molecule has 118 valence electrons. The second-order valence-corrected chi connectivity index (χ2v) is 5.60. The van der Waals surface area contributed by atoms with Crippen molar-refractivity contribution in [2.75, 3.05) is 13.1 Å². The Kier molecular flexibility index (Phi) is 2.75. The number of carbonyl (C=O) groups is 1. The molecule has 9 heteroatoms. The molecule has 4 rings (SSSR count). The summed E-state index contributed by atoms with van der Waals surface area (Å²) < 4.78 is 29.1. The number of rotatable bonds is 2. The molecule has 0 N–H and O–H groups in total. The van der Waals surface area contributed by atoms with Gasteiger partial charge in [-0.3, -0.25) is 9.20 Å². The number of hydrogen-bond acceptors (Lipinski definition) is 4. The highest BCUT2D eigenvalue weighted by molar-refractivity contribution is 5.94. The number of imidazole rings is 1. The third-order valence-electron chi connectivity index (χ3n) is 3.74. The zero-order chi connectivity index (χ0) is 16.2. The summed E-state index contributed by atoms with van der Waals surface area (Å²) in [7, 11) is 0. The average Bonchev–Trinajstić information content (AvgIpc) is 3.12. The minimum absolute atomic E-state index is 0.251. The number of aromatic nitrogens is 5. The van der Waals surface area contributed by atoms with Crippen LogP contribution in [0.3, 0.4) is 0 Å². The highest BCUT2D eigenvalue weighted by Crippen LogP contribution is 2.28. The summed E-state index contributed by atoms with van der Waals surface area (Å²) in [5.41, 5.74) is 2.30. The molecule has 3 aromatic heterocycles. The Morgan fingerprint density at radius 1 is 1.35 bits per heavy atom. The van der Waals surface area contributed by atoms with Crippen LogP contribution in [0.2, 0.25) is 0 Å². The molecular formula is C14H12F2N6O. The van der Waals surface area contributed by atoms with E-state index in [1.807, 2.05) is 13.0 Å². The lowest BCUT2D eigenvalue weighted by atomic mass is 10.1. The third kappa shape index (κ3) is 2.16. The van der Waals surface area contributed by atoms with Crippen LogP contribution in [0.25, 0.3) is 11.3 Å². The quantitative estimate of drug-likeness (QED) is 0.714. The van der Waals surface area contributed by atoms with Crippen molar-refractivity contribution in [2.45, 2.75) is 12.8 Å². The number of halogens is 2. The molecule has 1 aliphatic heterocycles. The molecule has 0 atom stereocenters. The molecular weight excluding hydrogens is 306 g/mol. The smallest absolute Gasteiger partial charge is 0.282 e. The minimum Gasteiger partial charge on any atom is -0.325 e. The summed E-state index contributed by atoms with van der Waals surface area (Å²) in [4.78, 5) is 21.7. The van der Waals surface area contributed by atoms with Crippen LogP contribution in [0.15, 0.2) is 31.1 Å². The minimum atomic E-state index is -2.79. The van der Waals surface area contributed by atoms with E-state index in [2.05, 4.69) is 15.1 Å². The maximum Gasteiger partial charge on any atom is 0.282 e. The Balaban J connectivity index is 1.80. The van der Waals surface area contributed by atoms with Gasteiger partial charge in [0.2, 0.25) is 0 Å². The van der Waals surface area contributed by atoms with Crippen molar-refractivity contribution in [3.8, 4) is 5.69 Å².